The Kier molecular flexibility index (Phi) is 28.9. The number of rotatable bonds is 26. The van der Waals surface area contributed by atoms with E-state index in [4.69, 9.17) is 19.6 Å². The molecule has 0 aromatic heterocycles. The lowest BCUT2D eigenvalue weighted by Gasteiger charge is -2.48. The van der Waals surface area contributed by atoms with Crippen molar-refractivity contribution in [3.05, 3.63) is 0 Å². The van der Waals surface area contributed by atoms with Crippen molar-refractivity contribution >= 4 is 17.2 Å². The van der Waals surface area contributed by atoms with Crippen LogP contribution in [0.25, 0.3) is 0 Å². The molecule has 244 valence electrons. The van der Waals surface area contributed by atoms with Gasteiger partial charge in [-0.25, -0.2) is 4.31 Å². The summed E-state index contributed by atoms with van der Waals surface area (Å²) in [5.41, 5.74) is -2.51. The van der Waals surface area contributed by atoms with Gasteiger partial charge >= 0.3 is 17.2 Å². The molecule has 0 amide bonds. The second-order valence-electron chi connectivity index (χ2n) is 11.5. The van der Waals surface area contributed by atoms with Gasteiger partial charge in [-0.1, -0.05) is 130 Å². The van der Waals surface area contributed by atoms with Gasteiger partial charge in [-0.15, -0.1) is 0 Å². The van der Waals surface area contributed by atoms with Crippen molar-refractivity contribution in [2.45, 2.75) is 149 Å². The Bertz CT molecular complexity index is 497. The molecule has 0 bridgehead atoms. The van der Waals surface area contributed by atoms with E-state index in [0.717, 1.165) is 51.4 Å². The molecule has 0 saturated heterocycles. The van der Waals surface area contributed by atoms with E-state index in [-0.39, 0.29) is 19.8 Å². The summed E-state index contributed by atoms with van der Waals surface area (Å²) in [6, 6.07) is 0. The van der Waals surface area contributed by atoms with Crippen molar-refractivity contribution < 1.29 is 44.3 Å². The number of hydrogen-bond acceptors (Lipinski definition) is 9. The lowest BCUT2D eigenvalue weighted by molar-refractivity contribution is -0.174. The van der Waals surface area contributed by atoms with E-state index in [1.807, 2.05) is 0 Å². The molecular formula is C29H64O9P2. The SMILES string of the molecule is CCCCCCC(CCCC)CC(O)(CC(CCCC)CCCCCC)C(CO)(CO)CO.OP(O)OP(O)O. The number of unbranched alkanes of at least 4 members (excludes halogenated alkanes) is 8. The number of aliphatic hydroxyl groups excluding tert-OH is 3. The Morgan fingerprint density at radius 1 is 0.525 bits per heavy atom. The van der Waals surface area contributed by atoms with E-state index >= 15 is 0 Å². The third-order valence-corrected chi connectivity index (χ3v) is 9.33. The van der Waals surface area contributed by atoms with E-state index in [1.54, 1.807) is 0 Å². The molecule has 0 aromatic rings. The molecule has 2 unspecified atom stereocenters. The van der Waals surface area contributed by atoms with E-state index < -0.39 is 28.2 Å². The van der Waals surface area contributed by atoms with Crippen LogP contribution in [0.5, 0.6) is 0 Å². The fourth-order valence-electron chi connectivity index (χ4n) is 5.53. The molecule has 9 nitrogen and oxygen atoms in total. The molecule has 0 saturated carbocycles. The Balaban J connectivity index is 0. The Hall–Kier alpha value is 0.500. The first-order valence-corrected chi connectivity index (χ1v) is 18.0. The average Bonchev–Trinajstić information content (AvgIpc) is 2.91. The van der Waals surface area contributed by atoms with Crippen LogP contribution in [0.3, 0.4) is 0 Å². The van der Waals surface area contributed by atoms with Crippen molar-refractivity contribution in [2.24, 2.45) is 17.3 Å². The van der Waals surface area contributed by atoms with Crippen molar-refractivity contribution in [1.29, 1.82) is 0 Å². The van der Waals surface area contributed by atoms with Gasteiger partial charge in [0.2, 0.25) is 0 Å². The highest BCUT2D eigenvalue weighted by Gasteiger charge is 2.51. The van der Waals surface area contributed by atoms with Crippen LogP contribution in [-0.2, 0) is 4.31 Å². The normalized spacial score (nSPS) is 15.2. The van der Waals surface area contributed by atoms with Gasteiger partial charge in [0, 0.05) is 0 Å². The molecule has 0 aliphatic heterocycles. The van der Waals surface area contributed by atoms with Crippen molar-refractivity contribution in [3.8, 4) is 0 Å². The third kappa shape index (κ3) is 19.6. The average molecular weight is 619 g/mol. The maximum absolute atomic E-state index is 12.2. The summed E-state index contributed by atoms with van der Waals surface area (Å²) in [5, 5.41) is 43.1. The molecule has 0 aromatic carbocycles. The van der Waals surface area contributed by atoms with Crippen molar-refractivity contribution in [3.63, 3.8) is 0 Å². The van der Waals surface area contributed by atoms with Crippen molar-refractivity contribution in [1.82, 2.24) is 0 Å². The van der Waals surface area contributed by atoms with Crippen LogP contribution >= 0.6 is 17.2 Å². The summed E-state index contributed by atoms with van der Waals surface area (Å²) in [6.45, 7) is 7.70. The van der Waals surface area contributed by atoms with Crippen LogP contribution in [0.1, 0.15) is 143 Å². The molecule has 11 heteroatoms. The monoisotopic (exact) mass is 618 g/mol. The molecule has 2 atom stereocenters. The van der Waals surface area contributed by atoms with Gasteiger partial charge < -0.3 is 40.0 Å². The summed E-state index contributed by atoms with van der Waals surface area (Å²) < 4.78 is 3.60. The zero-order chi connectivity index (χ0) is 30.9. The first kappa shape index (κ1) is 42.6. The zero-order valence-electron chi connectivity index (χ0n) is 25.9. The lowest BCUT2D eigenvalue weighted by atomic mass is 9.63. The molecule has 0 aliphatic rings. The van der Waals surface area contributed by atoms with Gasteiger partial charge in [-0.05, 0) is 24.7 Å². The summed E-state index contributed by atoms with van der Waals surface area (Å²) in [4.78, 5) is 31.3. The van der Waals surface area contributed by atoms with Gasteiger partial charge in [-0.3, -0.25) is 0 Å². The molecule has 0 rings (SSSR count). The minimum Gasteiger partial charge on any atom is -0.395 e. The Morgan fingerprint density at radius 3 is 1.10 bits per heavy atom. The molecule has 0 radical (unpaired) electrons. The highest BCUT2D eigenvalue weighted by Crippen LogP contribution is 2.44. The first-order chi connectivity index (χ1) is 19.0. The largest absolute Gasteiger partial charge is 0.395 e. The predicted octanol–water partition coefficient (Wildman–Crippen LogP) is 6.44. The molecular weight excluding hydrogens is 554 g/mol. The van der Waals surface area contributed by atoms with Gasteiger partial charge in [0.1, 0.15) is 0 Å². The maximum atomic E-state index is 12.2. The van der Waals surface area contributed by atoms with Crippen molar-refractivity contribution in [2.75, 3.05) is 19.8 Å². The summed E-state index contributed by atoms with van der Waals surface area (Å²) in [7, 11) is -5.22. The van der Waals surface area contributed by atoms with Crippen LogP contribution in [0.2, 0.25) is 0 Å². The standard InChI is InChI=1S/C29H60O4.H4O5P2/c1-5-9-13-15-19-26(17-11-7-3)21-29(33,28(23-30,24-31)25-32)22-27(18-12-8-4)20-16-14-10-6-2;1-6(2)5-7(3)4/h26-27,30-33H,5-25H2,1-4H3;1-4H. The smallest absolute Gasteiger partial charge is 0.334 e. The second kappa shape index (κ2) is 27.1. The van der Waals surface area contributed by atoms with E-state index in [0.29, 0.717) is 24.7 Å². The quantitative estimate of drug-likeness (QED) is 0.0401. The molecule has 0 spiro atoms. The molecule has 0 fully saturated rings. The summed E-state index contributed by atoms with van der Waals surface area (Å²) in [5.74, 6) is 0.727. The number of hydrogen-bond donors (Lipinski definition) is 8. The number of aliphatic hydroxyl groups is 4. The van der Waals surface area contributed by atoms with Gasteiger partial charge in [-0.2, -0.15) is 0 Å². The Morgan fingerprint density at radius 2 is 0.850 bits per heavy atom. The third-order valence-electron chi connectivity index (χ3n) is 8.16. The highest BCUT2D eigenvalue weighted by molar-refractivity contribution is 7.53. The molecule has 0 aliphatic carbocycles. The topological polar surface area (TPSA) is 171 Å². The van der Waals surface area contributed by atoms with Gasteiger partial charge in [0.05, 0.1) is 30.8 Å². The van der Waals surface area contributed by atoms with Crippen LogP contribution in [0.4, 0.5) is 0 Å². The fourth-order valence-corrected chi connectivity index (χ4v) is 6.05. The first-order valence-electron chi connectivity index (χ1n) is 15.6. The van der Waals surface area contributed by atoms with E-state index in [9.17, 15) is 20.4 Å². The maximum Gasteiger partial charge on any atom is 0.334 e. The van der Waals surface area contributed by atoms with Gasteiger partial charge in [0.25, 0.3) is 0 Å². The Labute approximate surface area is 247 Å². The summed E-state index contributed by atoms with van der Waals surface area (Å²) in [6.07, 6.45) is 19.7. The molecule has 0 heterocycles. The molecule has 40 heavy (non-hydrogen) atoms. The van der Waals surface area contributed by atoms with Crippen LogP contribution < -0.4 is 0 Å². The fraction of sp³-hybridized carbons (Fsp3) is 1.00. The van der Waals surface area contributed by atoms with Crippen LogP contribution in [-0.4, -0.2) is 65.4 Å². The van der Waals surface area contributed by atoms with Crippen LogP contribution in [0, 0.1) is 17.3 Å². The van der Waals surface area contributed by atoms with Gasteiger partial charge in [0.15, 0.2) is 0 Å². The van der Waals surface area contributed by atoms with E-state index in [2.05, 4.69) is 32.0 Å². The molecule has 8 N–H and O–H groups in total. The second-order valence-corrected chi connectivity index (χ2v) is 13.2. The minimum absolute atomic E-state index is 0.364. The summed E-state index contributed by atoms with van der Waals surface area (Å²) >= 11 is 0. The predicted molar refractivity (Wildman–Crippen MR) is 165 cm³/mol. The zero-order valence-corrected chi connectivity index (χ0v) is 27.7. The van der Waals surface area contributed by atoms with E-state index in [1.165, 1.54) is 51.4 Å². The highest BCUT2D eigenvalue weighted by atomic mass is 31.2. The van der Waals surface area contributed by atoms with Crippen LogP contribution in [0.15, 0.2) is 0 Å². The lowest BCUT2D eigenvalue weighted by Crippen LogP contribution is -2.57. The minimum atomic E-state index is -2.61.